The third-order valence-electron chi connectivity index (χ3n) is 4.16. The molecule has 140 valence electrons. The third kappa shape index (κ3) is 4.46. The van der Waals surface area contributed by atoms with Crippen molar-refractivity contribution in [1.29, 1.82) is 0 Å². The van der Waals surface area contributed by atoms with E-state index in [1.807, 2.05) is 30.3 Å². The molecule has 1 atom stereocenters. The van der Waals surface area contributed by atoms with E-state index in [0.717, 1.165) is 5.56 Å². The molecule has 2 amide bonds. The molecule has 1 aliphatic heterocycles. The molecule has 1 aromatic heterocycles. The normalized spacial score (nSPS) is 16.0. The summed E-state index contributed by atoms with van der Waals surface area (Å²) in [5.74, 6) is -0.0917. The SMILES string of the molecule is COC(=O)c1ccc(C(=O)N2CSC[C@H]2C(=O)NCc2ccccc2)nc1. The Hall–Kier alpha value is -2.87. The number of nitrogens with zero attached hydrogens (tertiary/aromatic N) is 2. The maximum absolute atomic E-state index is 12.7. The van der Waals surface area contributed by atoms with Gasteiger partial charge in [-0.3, -0.25) is 14.6 Å². The highest BCUT2D eigenvalue weighted by Crippen LogP contribution is 2.23. The number of carbonyl (C=O) groups is 3. The second-order valence-electron chi connectivity index (χ2n) is 5.92. The number of esters is 1. The van der Waals surface area contributed by atoms with Gasteiger partial charge in [-0.05, 0) is 17.7 Å². The second-order valence-corrected chi connectivity index (χ2v) is 6.92. The van der Waals surface area contributed by atoms with Crippen LogP contribution < -0.4 is 5.32 Å². The van der Waals surface area contributed by atoms with Crippen LogP contribution in [0.25, 0.3) is 0 Å². The maximum Gasteiger partial charge on any atom is 0.339 e. The first-order chi connectivity index (χ1) is 13.1. The smallest absolute Gasteiger partial charge is 0.339 e. The largest absolute Gasteiger partial charge is 0.465 e. The van der Waals surface area contributed by atoms with Crippen LogP contribution in [0.4, 0.5) is 0 Å². The Labute approximate surface area is 161 Å². The number of nitrogens with one attached hydrogen (secondary N) is 1. The molecule has 0 saturated carbocycles. The van der Waals surface area contributed by atoms with E-state index in [9.17, 15) is 14.4 Å². The van der Waals surface area contributed by atoms with Crippen LogP contribution >= 0.6 is 11.8 Å². The fraction of sp³-hybridized carbons (Fsp3) is 0.263. The molecule has 0 aliphatic carbocycles. The van der Waals surface area contributed by atoms with Gasteiger partial charge in [-0.15, -0.1) is 11.8 Å². The Bertz CT molecular complexity index is 827. The molecular formula is C19H19N3O4S. The van der Waals surface area contributed by atoms with Crippen LogP contribution in [0.2, 0.25) is 0 Å². The molecule has 1 N–H and O–H groups in total. The van der Waals surface area contributed by atoms with E-state index >= 15 is 0 Å². The minimum Gasteiger partial charge on any atom is -0.465 e. The highest BCUT2D eigenvalue weighted by Gasteiger charge is 2.35. The second kappa shape index (κ2) is 8.68. The van der Waals surface area contributed by atoms with Crippen LogP contribution in [-0.4, -0.2) is 52.4 Å². The highest BCUT2D eigenvalue weighted by molar-refractivity contribution is 7.99. The minimum atomic E-state index is -0.548. The number of hydrogen-bond acceptors (Lipinski definition) is 6. The Balaban J connectivity index is 1.65. The van der Waals surface area contributed by atoms with E-state index in [-0.39, 0.29) is 23.1 Å². The quantitative estimate of drug-likeness (QED) is 0.788. The number of hydrogen-bond donors (Lipinski definition) is 1. The Kier molecular flexibility index (Phi) is 6.08. The molecule has 1 aromatic carbocycles. The van der Waals surface area contributed by atoms with Gasteiger partial charge in [0.1, 0.15) is 11.7 Å². The summed E-state index contributed by atoms with van der Waals surface area (Å²) in [5, 5.41) is 2.88. The van der Waals surface area contributed by atoms with Crippen molar-refractivity contribution in [3.05, 3.63) is 65.5 Å². The van der Waals surface area contributed by atoms with E-state index < -0.39 is 12.0 Å². The van der Waals surface area contributed by atoms with Crippen molar-refractivity contribution in [2.45, 2.75) is 12.6 Å². The number of rotatable bonds is 5. The van der Waals surface area contributed by atoms with Crippen LogP contribution in [0.5, 0.6) is 0 Å². The fourth-order valence-electron chi connectivity index (χ4n) is 2.67. The van der Waals surface area contributed by atoms with Crippen molar-refractivity contribution in [3.8, 4) is 0 Å². The predicted molar refractivity (Wildman–Crippen MR) is 101 cm³/mol. The van der Waals surface area contributed by atoms with Crippen LogP contribution in [0, 0.1) is 0 Å². The third-order valence-corrected chi connectivity index (χ3v) is 5.17. The average molecular weight is 385 g/mol. The summed E-state index contributed by atoms with van der Waals surface area (Å²) in [5.41, 5.74) is 1.45. The molecule has 27 heavy (non-hydrogen) atoms. The monoisotopic (exact) mass is 385 g/mol. The number of carbonyl (C=O) groups excluding carboxylic acids is 3. The number of amides is 2. The zero-order chi connectivity index (χ0) is 19.2. The first-order valence-electron chi connectivity index (χ1n) is 8.35. The van der Waals surface area contributed by atoms with Crippen molar-refractivity contribution in [2.75, 3.05) is 18.7 Å². The van der Waals surface area contributed by atoms with Crippen LogP contribution in [0.15, 0.2) is 48.7 Å². The van der Waals surface area contributed by atoms with Gasteiger partial charge in [0, 0.05) is 18.5 Å². The van der Waals surface area contributed by atoms with E-state index in [1.165, 1.54) is 42.1 Å². The summed E-state index contributed by atoms with van der Waals surface area (Å²) in [6, 6.07) is 12.0. The molecule has 0 spiro atoms. The fourth-order valence-corrected chi connectivity index (χ4v) is 3.82. The van der Waals surface area contributed by atoms with E-state index in [4.69, 9.17) is 0 Å². The number of pyridine rings is 1. The van der Waals surface area contributed by atoms with Gasteiger partial charge in [-0.1, -0.05) is 30.3 Å². The molecule has 0 unspecified atom stereocenters. The molecule has 2 aromatic rings. The first kappa shape index (κ1) is 18.9. The van der Waals surface area contributed by atoms with E-state index in [1.54, 1.807) is 0 Å². The number of benzene rings is 1. The molecule has 0 radical (unpaired) electrons. The summed E-state index contributed by atoms with van der Waals surface area (Å²) >= 11 is 1.52. The lowest BCUT2D eigenvalue weighted by atomic mass is 10.2. The molecule has 2 heterocycles. The van der Waals surface area contributed by atoms with Gasteiger partial charge in [0.15, 0.2) is 0 Å². The zero-order valence-corrected chi connectivity index (χ0v) is 15.6. The van der Waals surface area contributed by atoms with Gasteiger partial charge in [-0.25, -0.2) is 4.79 Å². The molecule has 7 nitrogen and oxygen atoms in total. The Morgan fingerprint density at radius 2 is 2.00 bits per heavy atom. The topological polar surface area (TPSA) is 88.6 Å². The van der Waals surface area contributed by atoms with Crippen molar-refractivity contribution in [3.63, 3.8) is 0 Å². The molecule has 3 rings (SSSR count). The van der Waals surface area contributed by atoms with Gasteiger partial charge in [0.25, 0.3) is 5.91 Å². The predicted octanol–water partition coefficient (Wildman–Crippen LogP) is 1.70. The van der Waals surface area contributed by atoms with Crippen molar-refractivity contribution < 1.29 is 19.1 Å². The first-order valence-corrected chi connectivity index (χ1v) is 9.50. The standard InChI is InChI=1S/C19H19N3O4S/c1-26-19(25)14-7-8-15(20-10-14)18(24)22-12-27-11-16(22)17(23)21-9-13-5-3-2-4-6-13/h2-8,10,16H,9,11-12H2,1H3,(H,21,23)/t16-/m0/s1. The Morgan fingerprint density at radius 1 is 1.22 bits per heavy atom. The number of methoxy groups -OCH3 is 1. The zero-order valence-electron chi connectivity index (χ0n) is 14.8. The van der Waals surface area contributed by atoms with Crippen molar-refractivity contribution in [2.24, 2.45) is 0 Å². The lowest BCUT2D eigenvalue weighted by Crippen LogP contribution is -2.47. The van der Waals surface area contributed by atoms with Gasteiger partial charge in [-0.2, -0.15) is 0 Å². The minimum absolute atomic E-state index is 0.186. The van der Waals surface area contributed by atoms with E-state index in [2.05, 4.69) is 15.0 Å². The number of thioether (sulfide) groups is 1. The summed E-state index contributed by atoms with van der Waals surface area (Å²) in [4.78, 5) is 42.3. The molecule has 0 bridgehead atoms. The molecule has 1 saturated heterocycles. The van der Waals surface area contributed by atoms with Gasteiger partial charge >= 0.3 is 5.97 Å². The van der Waals surface area contributed by atoms with E-state index in [0.29, 0.717) is 18.2 Å². The van der Waals surface area contributed by atoms with Gasteiger partial charge in [0.2, 0.25) is 5.91 Å². The number of ether oxygens (including phenoxy) is 1. The lowest BCUT2D eigenvalue weighted by molar-refractivity contribution is -0.124. The summed E-state index contributed by atoms with van der Waals surface area (Å²) in [7, 11) is 1.28. The molecule has 1 aliphatic rings. The van der Waals surface area contributed by atoms with Gasteiger partial charge in [0.05, 0.1) is 18.6 Å². The highest BCUT2D eigenvalue weighted by atomic mass is 32.2. The van der Waals surface area contributed by atoms with Crippen LogP contribution in [-0.2, 0) is 16.1 Å². The Morgan fingerprint density at radius 3 is 2.67 bits per heavy atom. The number of aromatic nitrogens is 1. The van der Waals surface area contributed by atoms with Gasteiger partial charge < -0.3 is 15.0 Å². The molecule has 8 heteroatoms. The van der Waals surface area contributed by atoms with Crippen LogP contribution in [0.3, 0.4) is 0 Å². The van der Waals surface area contributed by atoms with Crippen molar-refractivity contribution in [1.82, 2.24) is 15.2 Å². The molecular weight excluding hydrogens is 366 g/mol. The average Bonchev–Trinajstić information content (AvgIpc) is 3.21. The summed E-state index contributed by atoms with van der Waals surface area (Å²) < 4.78 is 4.62. The van der Waals surface area contributed by atoms with Crippen molar-refractivity contribution >= 4 is 29.5 Å². The summed E-state index contributed by atoms with van der Waals surface area (Å²) in [6.07, 6.45) is 1.30. The van der Waals surface area contributed by atoms with Crippen LogP contribution in [0.1, 0.15) is 26.4 Å². The summed E-state index contributed by atoms with van der Waals surface area (Å²) in [6.45, 7) is 0.412. The maximum atomic E-state index is 12.7. The molecule has 1 fully saturated rings. The lowest BCUT2D eigenvalue weighted by Gasteiger charge is -2.22.